The van der Waals surface area contributed by atoms with Gasteiger partial charge in [0.05, 0.1) is 17.1 Å². The molecule has 0 unspecified atom stereocenters. The molecule has 1 N–H and O–H groups in total. The Labute approximate surface area is 196 Å². The number of benzene rings is 2. The number of hydrogen-bond donors (Lipinski definition) is 1. The van der Waals surface area contributed by atoms with Crippen LogP contribution in [-0.2, 0) is 23.9 Å². The van der Waals surface area contributed by atoms with Gasteiger partial charge in [-0.25, -0.2) is 9.80 Å². The van der Waals surface area contributed by atoms with Gasteiger partial charge in [0, 0.05) is 12.8 Å². The average molecular weight is 460 g/mol. The van der Waals surface area contributed by atoms with Crippen LogP contribution in [0.2, 0.25) is 0 Å². The van der Waals surface area contributed by atoms with Crippen LogP contribution in [0, 0.1) is 0 Å². The zero-order chi connectivity index (χ0) is 23.7. The standard InChI is InChI=1S/C25H24N4O5/c30-21-13-12-19(27-29(21)17-8-2-1-3-9-17)23(32)34-16-22(31)28-20-11-5-4-10-18(20)26-24(33)25(28)14-6-7-15-25/h1-5,8-11H,6-7,12-16H2,(H,26,33). The number of hydrogen-bond acceptors (Lipinski definition) is 6. The Balaban J connectivity index is 1.35. The van der Waals surface area contributed by atoms with E-state index in [4.69, 9.17) is 4.74 Å². The second-order valence-corrected chi connectivity index (χ2v) is 8.60. The van der Waals surface area contributed by atoms with Crippen molar-refractivity contribution in [1.29, 1.82) is 0 Å². The third kappa shape index (κ3) is 3.72. The summed E-state index contributed by atoms with van der Waals surface area (Å²) in [7, 11) is 0. The van der Waals surface area contributed by atoms with Gasteiger partial charge in [0.2, 0.25) is 5.91 Å². The maximum absolute atomic E-state index is 13.4. The molecule has 9 heteroatoms. The molecule has 2 aromatic carbocycles. The first-order valence-electron chi connectivity index (χ1n) is 11.4. The van der Waals surface area contributed by atoms with Crippen LogP contribution in [0.15, 0.2) is 59.7 Å². The average Bonchev–Trinajstić information content (AvgIpc) is 3.34. The number of esters is 1. The lowest BCUT2D eigenvalue weighted by Gasteiger charge is -2.44. The summed E-state index contributed by atoms with van der Waals surface area (Å²) in [6.07, 6.45) is 3.01. The van der Waals surface area contributed by atoms with E-state index in [2.05, 4.69) is 10.4 Å². The fourth-order valence-electron chi connectivity index (χ4n) is 4.88. The van der Waals surface area contributed by atoms with E-state index in [1.807, 2.05) is 6.07 Å². The van der Waals surface area contributed by atoms with Crippen LogP contribution < -0.4 is 15.2 Å². The third-order valence-corrected chi connectivity index (χ3v) is 6.52. The van der Waals surface area contributed by atoms with Crippen molar-refractivity contribution in [1.82, 2.24) is 0 Å². The molecule has 0 radical (unpaired) electrons. The topological polar surface area (TPSA) is 108 Å². The van der Waals surface area contributed by atoms with E-state index >= 15 is 0 Å². The predicted octanol–water partition coefficient (Wildman–Crippen LogP) is 3.01. The molecule has 1 aliphatic carbocycles. The van der Waals surface area contributed by atoms with Crippen molar-refractivity contribution in [3.05, 3.63) is 54.6 Å². The molecular weight excluding hydrogens is 436 g/mol. The number of nitrogens with zero attached hydrogens (tertiary/aromatic N) is 3. The Morgan fingerprint density at radius 3 is 2.44 bits per heavy atom. The third-order valence-electron chi connectivity index (χ3n) is 6.52. The lowest BCUT2D eigenvalue weighted by Crippen LogP contribution is -2.61. The maximum atomic E-state index is 13.4. The zero-order valence-electron chi connectivity index (χ0n) is 18.5. The highest BCUT2D eigenvalue weighted by atomic mass is 16.5. The van der Waals surface area contributed by atoms with E-state index in [0.29, 0.717) is 29.9 Å². The second-order valence-electron chi connectivity index (χ2n) is 8.60. The van der Waals surface area contributed by atoms with Gasteiger partial charge in [-0.3, -0.25) is 19.3 Å². The number of ether oxygens (including phenoxy) is 1. The normalized spacial score (nSPS) is 18.9. The molecule has 0 bridgehead atoms. The fraction of sp³-hybridized carbons (Fsp3) is 0.320. The molecule has 1 fully saturated rings. The van der Waals surface area contributed by atoms with Gasteiger partial charge in [-0.05, 0) is 37.1 Å². The van der Waals surface area contributed by atoms with Gasteiger partial charge < -0.3 is 10.1 Å². The first-order valence-corrected chi connectivity index (χ1v) is 11.4. The Kier molecular flexibility index (Phi) is 5.61. The SMILES string of the molecule is O=C(OCC(=O)N1c2ccccc2NC(=O)C12CCCC2)C1=NN(c2ccccc2)C(=O)CC1. The minimum absolute atomic E-state index is 0.0728. The summed E-state index contributed by atoms with van der Waals surface area (Å²) in [6.45, 7) is -0.527. The van der Waals surface area contributed by atoms with E-state index < -0.39 is 24.0 Å². The highest BCUT2D eigenvalue weighted by Crippen LogP contribution is 2.45. The minimum Gasteiger partial charge on any atom is -0.451 e. The van der Waals surface area contributed by atoms with Gasteiger partial charge in [0.15, 0.2) is 6.61 Å². The zero-order valence-corrected chi connectivity index (χ0v) is 18.5. The van der Waals surface area contributed by atoms with Crippen LogP contribution in [0.4, 0.5) is 17.1 Å². The minimum atomic E-state index is -0.975. The molecule has 9 nitrogen and oxygen atoms in total. The van der Waals surface area contributed by atoms with Crippen LogP contribution in [0.5, 0.6) is 0 Å². The summed E-state index contributed by atoms with van der Waals surface area (Å²) in [4.78, 5) is 52.9. The van der Waals surface area contributed by atoms with Crippen molar-refractivity contribution in [3.8, 4) is 0 Å². The molecule has 0 saturated heterocycles. The van der Waals surface area contributed by atoms with Crippen molar-refractivity contribution >= 4 is 46.5 Å². The molecule has 3 amide bonds. The number of hydrazone groups is 1. The van der Waals surface area contributed by atoms with Crippen molar-refractivity contribution in [3.63, 3.8) is 0 Å². The Bertz CT molecular complexity index is 1190. The number of para-hydroxylation sites is 3. The molecular formula is C25H24N4O5. The summed E-state index contributed by atoms with van der Waals surface area (Å²) < 4.78 is 5.34. The van der Waals surface area contributed by atoms with Gasteiger partial charge in [-0.1, -0.05) is 43.2 Å². The number of carbonyl (C=O) groups excluding carboxylic acids is 4. The molecule has 2 aliphatic heterocycles. The van der Waals surface area contributed by atoms with E-state index in [9.17, 15) is 19.2 Å². The number of amides is 3. The number of fused-ring (bicyclic) bond motifs is 1. The first-order chi connectivity index (χ1) is 16.5. The van der Waals surface area contributed by atoms with E-state index in [0.717, 1.165) is 12.8 Å². The second kappa shape index (κ2) is 8.74. The van der Waals surface area contributed by atoms with Gasteiger partial charge >= 0.3 is 5.97 Å². The quantitative estimate of drug-likeness (QED) is 0.706. The Morgan fingerprint density at radius 2 is 1.68 bits per heavy atom. The van der Waals surface area contributed by atoms with Crippen LogP contribution in [0.25, 0.3) is 0 Å². The summed E-state index contributed by atoms with van der Waals surface area (Å²) in [5.41, 5.74) is 0.798. The molecule has 0 atom stereocenters. The Hall–Kier alpha value is -4.01. The van der Waals surface area contributed by atoms with Crippen molar-refractivity contribution in [2.24, 2.45) is 5.10 Å². The van der Waals surface area contributed by atoms with Crippen LogP contribution in [-0.4, -0.2) is 41.5 Å². The summed E-state index contributed by atoms with van der Waals surface area (Å²) >= 11 is 0. The highest BCUT2D eigenvalue weighted by molar-refractivity contribution is 6.38. The first kappa shape index (κ1) is 21.8. The van der Waals surface area contributed by atoms with E-state index in [1.54, 1.807) is 48.5 Å². The molecule has 3 aliphatic rings. The summed E-state index contributed by atoms with van der Waals surface area (Å²) in [5, 5.41) is 8.28. The van der Waals surface area contributed by atoms with Gasteiger partial charge in [0.1, 0.15) is 11.3 Å². The largest absolute Gasteiger partial charge is 0.451 e. The van der Waals surface area contributed by atoms with Crippen molar-refractivity contribution in [2.75, 3.05) is 21.8 Å². The molecule has 34 heavy (non-hydrogen) atoms. The maximum Gasteiger partial charge on any atom is 0.355 e. The molecule has 2 aromatic rings. The van der Waals surface area contributed by atoms with Crippen LogP contribution >= 0.6 is 0 Å². The van der Waals surface area contributed by atoms with Gasteiger partial charge in [-0.15, -0.1) is 0 Å². The lowest BCUT2D eigenvalue weighted by atomic mass is 9.90. The molecule has 174 valence electrons. The van der Waals surface area contributed by atoms with Crippen LogP contribution in [0.3, 0.4) is 0 Å². The fourth-order valence-corrected chi connectivity index (χ4v) is 4.88. The number of rotatable bonds is 4. The van der Waals surface area contributed by atoms with Gasteiger partial charge in [-0.2, -0.15) is 5.10 Å². The molecule has 1 spiro atoms. The number of nitrogens with one attached hydrogen (secondary N) is 1. The highest BCUT2D eigenvalue weighted by Gasteiger charge is 2.52. The van der Waals surface area contributed by atoms with Crippen molar-refractivity contribution in [2.45, 2.75) is 44.1 Å². The van der Waals surface area contributed by atoms with Gasteiger partial charge in [0.25, 0.3) is 11.8 Å². The van der Waals surface area contributed by atoms with Crippen molar-refractivity contribution < 1.29 is 23.9 Å². The number of anilines is 3. The van der Waals surface area contributed by atoms with E-state index in [-0.39, 0.29) is 30.4 Å². The Morgan fingerprint density at radius 1 is 0.971 bits per heavy atom. The number of carbonyl (C=O) groups is 4. The lowest BCUT2D eigenvalue weighted by molar-refractivity contribution is -0.142. The summed E-state index contributed by atoms with van der Waals surface area (Å²) in [5.74, 6) is -1.66. The monoisotopic (exact) mass is 460 g/mol. The van der Waals surface area contributed by atoms with E-state index in [1.165, 1.54) is 9.91 Å². The van der Waals surface area contributed by atoms with Crippen LogP contribution in [0.1, 0.15) is 38.5 Å². The molecule has 1 saturated carbocycles. The smallest absolute Gasteiger partial charge is 0.355 e. The molecule has 5 rings (SSSR count). The predicted molar refractivity (Wildman–Crippen MR) is 125 cm³/mol. The molecule has 0 aromatic heterocycles. The molecule has 2 heterocycles. The summed E-state index contributed by atoms with van der Waals surface area (Å²) in [6, 6.07) is 15.9.